The van der Waals surface area contributed by atoms with E-state index in [9.17, 15) is 0 Å². The van der Waals surface area contributed by atoms with Gasteiger partial charge in [0.15, 0.2) is 0 Å². The van der Waals surface area contributed by atoms with Crippen molar-refractivity contribution in [3.63, 3.8) is 0 Å². The fourth-order valence-electron chi connectivity index (χ4n) is 2.36. The Hall–Kier alpha value is -1.79. The number of para-hydroxylation sites is 1. The van der Waals surface area contributed by atoms with Gasteiger partial charge in [-0.15, -0.1) is 0 Å². The van der Waals surface area contributed by atoms with Crippen molar-refractivity contribution in [2.24, 2.45) is 5.73 Å². The van der Waals surface area contributed by atoms with Crippen LogP contribution in [0.2, 0.25) is 0 Å². The maximum absolute atomic E-state index is 6.50. The molecule has 0 amide bonds. The average molecular weight is 227 g/mol. The molecule has 0 bridgehead atoms. The summed E-state index contributed by atoms with van der Waals surface area (Å²) in [5.41, 5.74) is 9.85. The third-order valence-electron chi connectivity index (χ3n) is 3.23. The molecule has 17 heavy (non-hydrogen) atoms. The van der Waals surface area contributed by atoms with Crippen LogP contribution >= 0.6 is 0 Å². The fourth-order valence-corrected chi connectivity index (χ4v) is 2.36. The lowest BCUT2D eigenvalue weighted by molar-refractivity contribution is 0.931. The van der Waals surface area contributed by atoms with Crippen molar-refractivity contribution in [1.82, 2.24) is 4.98 Å². The normalized spacial score (nSPS) is 14.3. The molecule has 1 fully saturated rings. The summed E-state index contributed by atoms with van der Waals surface area (Å²) in [6, 6.07) is 8.54. The first-order valence-electron chi connectivity index (χ1n) is 5.95. The van der Waals surface area contributed by atoms with Gasteiger partial charge < -0.3 is 10.7 Å². The number of benzene rings is 1. The van der Waals surface area contributed by atoms with Crippen LogP contribution in [-0.2, 0) is 6.42 Å². The number of fused-ring (bicyclic) bond motifs is 1. The molecule has 1 aromatic heterocycles. The molecule has 1 aromatic carbocycles. The van der Waals surface area contributed by atoms with Crippen LogP contribution in [0.15, 0.2) is 24.3 Å². The zero-order valence-corrected chi connectivity index (χ0v) is 9.82. The smallest absolute Gasteiger partial charge is 0.0462 e. The minimum atomic E-state index is 0.738. The summed E-state index contributed by atoms with van der Waals surface area (Å²) in [6.45, 7) is 4.24. The predicted octanol–water partition coefficient (Wildman–Crippen LogP) is 2.69. The van der Waals surface area contributed by atoms with Gasteiger partial charge in [-0.1, -0.05) is 18.2 Å². The molecule has 3 rings (SSSR count). The molecule has 0 spiro atoms. The molecule has 1 saturated carbocycles. The van der Waals surface area contributed by atoms with Gasteiger partial charge in [-0.05, 0) is 43.4 Å². The van der Waals surface area contributed by atoms with Gasteiger partial charge in [0.05, 0.1) is 0 Å². The van der Waals surface area contributed by atoms with Crippen LogP contribution in [0, 0.1) is 11.8 Å². The lowest BCUT2D eigenvalue weighted by Gasteiger charge is -2.00. The number of nitrogens with one attached hydrogen (secondary N) is 1. The number of nitrogens with zero attached hydrogens (tertiary/aromatic N) is 1. The highest BCUT2D eigenvalue weighted by molar-refractivity contribution is 5.85. The molecule has 1 heterocycles. The highest BCUT2D eigenvalue weighted by Gasteiger charge is 2.28. The number of aromatic nitrogens is 1. The molecule has 3 nitrogen and oxygen atoms in total. The van der Waals surface area contributed by atoms with Crippen LogP contribution in [0.1, 0.15) is 30.0 Å². The van der Waals surface area contributed by atoms with Gasteiger partial charge in [0.25, 0.3) is 0 Å². The van der Waals surface area contributed by atoms with Crippen molar-refractivity contribution in [1.29, 1.82) is 5.26 Å². The minimum Gasteiger partial charge on any atom is -0.358 e. The van der Waals surface area contributed by atoms with Gasteiger partial charge in [-0.3, -0.25) is 0 Å². The first kappa shape index (κ1) is 11.7. The summed E-state index contributed by atoms with van der Waals surface area (Å²) in [5, 5.41) is 7.87. The van der Waals surface area contributed by atoms with Gasteiger partial charge in [0, 0.05) is 23.2 Å². The SMILES string of the molecule is C#N.NCCc1c(C2CC2)[nH]c2ccccc12. The number of nitrogens with two attached hydrogens (primary N) is 1. The van der Waals surface area contributed by atoms with Crippen molar-refractivity contribution >= 4 is 10.9 Å². The lowest BCUT2D eigenvalue weighted by Crippen LogP contribution is -2.04. The van der Waals surface area contributed by atoms with Crippen LogP contribution in [0.5, 0.6) is 0 Å². The topological polar surface area (TPSA) is 65.6 Å². The van der Waals surface area contributed by atoms with E-state index < -0.39 is 0 Å². The van der Waals surface area contributed by atoms with E-state index in [4.69, 9.17) is 11.0 Å². The summed E-state index contributed by atoms with van der Waals surface area (Å²) >= 11 is 0. The molecule has 0 aliphatic heterocycles. The largest absolute Gasteiger partial charge is 0.358 e. The number of hydrogen-bond donors (Lipinski definition) is 2. The molecule has 0 saturated heterocycles. The Labute approximate surface area is 101 Å². The number of nitriles is 1. The predicted molar refractivity (Wildman–Crippen MR) is 69.7 cm³/mol. The Morgan fingerprint density at radius 3 is 2.65 bits per heavy atom. The monoisotopic (exact) mass is 227 g/mol. The van der Waals surface area contributed by atoms with Gasteiger partial charge >= 0.3 is 0 Å². The van der Waals surface area contributed by atoms with Crippen molar-refractivity contribution in [3.05, 3.63) is 35.5 Å². The van der Waals surface area contributed by atoms with Gasteiger partial charge in [0.2, 0.25) is 0 Å². The van der Waals surface area contributed by atoms with Crippen LogP contribution < -0.4 is 5.73 Å². The second kappa shape index (κ2) is 5.03. The standard InChI is InChI=1S/C13H16N2.CHN/c14-8-7-11-10-3-1-2-4-12(10)15-13(11)9-5-6-9;1-2/h1-4,9,15H,5-8,14H2;1H. The zero-order valence-electron chi connectivity index (χ0n) is 9.82. The van der Waals surface area contributed by atoms with E-state index in [0.29, 0.717) is 0 Å². The number of hydrogen-bond acceptors (Lipinski definition) is 2. The molecule has 2 aromatic rings. The Bertz CT molecular complexity index is 520. The van der Waals surface area contributed by atoms with Crippen molar-refractivity contribution in [2.45, 2.75) is 25.2 Å². The summed E-state index contributed by atoms with van der Waals surface area (Å²) in [6.07, 6.45) is 3.67. The average Bonchev–Trinajstić information content (AvgIpc) is 3.16. The zero-order chi connectivity index (χ0) is 12.3. The first-order valence-corrected chi connectivity index (χ1v) is 5.95. The maximum atomic E-state index is 6.50. The van der Waals surface area contributed by atoms with Crippen LogP contribution in [0.4, 0.5) is 0 Å². The molecule has 0 atom stereocenters. The molecule has 88 valence electrons. The Morgan fingerprint density at radius 2 is 2.00 bits per heavy atom. The number of aromatic amines is 1. The second-order valence-electron chi connectivity index (χ2n) is 4.38. The van der Waals surface area contributed by atoms with Crippen molar-refractivity contribution in [2.75, 3.05) is 6.54 Å². The van der Waals surface area contributed by atoms with Crippen LogP contribution in [0.25, 0.3) is 10.9 Å². The lowest BCUT2D eigenvalue weighted by atomic mass is 10.1. The maximum Gasteiger partial charge on any atom is 0.0462 e. The molecule has 1 aliphatic carbocycles. The van der Waals surface area contributed by atoms with Crippen molar-refractivity contribution in [3.8, 4) is 6.57 Å². The van der Waals surface area contributed by atoms with E-state index in [2.05, 4.69) is 35.8 Å². The summed E-state index contributed by atoms with van der Waals surface area (Å²) in [5.74, 6) is 0.777. The van der Waals surface area contributed by atoms with Crippen LogP contribution in [-0.4, -0.2) is 11.5 Å². The quantitative estimate of drug-likeness (QED) is 0.846. The molecule has 3 heteroatoms. The molecular formula is C14H17N3. The summed E-state index contributed by atoms with van der Waals surface area (Å²) < 4.78 is 0. The molecule has 0 unspecified atom stereocenters. The van der Waals surface area contributed by atoms with E-state index in [-0.39, 0.29) is 0 Å². The third kappa shape index (κ3) is 2.17. The van der Waals surface area contributed by atoms with Gasteiger partial charge in [-0.25, -0.2) is 5.26 Å². The van der Waals surface area contributed by atoms with E-state index in [1.54, 1.807) is 0 Å². The third-order valence-corrected chi connectivity index (χ3v) is 3.23. The van der Waals surface area contributed by atoms with Gasteiger partial charge in [0.1, 0.15) is 0 Å². The van der Waals surface area contributed by atoms with E-state index >= 15 is 0 Å². The molecular weight excluding hydrogens is 210 g/mol. The molecule has 3 N–H and O–H groups in total. The summed E-state index contributed by atoms with van der Waals surface area (Å²) in [4.78, 5) is 3.56. The van der Waals surface area contributed by atoms with E-state index in [0.717, 1.165) is 18.9 Å². The van der Waals surface area contributed by atoms with E-state index in [1.165, 1.54) is 35.0 Å². The van der Waals surface area contributed by atoms with Crippen LogP contribution in [0.3, 0.4) is 0 Å². The Kier molecular flexibility index (Phi) is 3.46. The Morgan fingerprint density at radius 1 is 1.29 bits per heavy atom. The number of rotatable bonds is 3. The summed E-state index contributed by atoms with van der Waals surface area (Å²) in [7, 11) is 0. The minimum absolute atomic E-state index is 0.738. The molecule has 1 aliphatic rings. The van der Waals surface area contributed by atoms with Gasteiger partial charge in [-0.2, -0.15) is 0 Å². The highest BCUT2D eigenvalue weighted by Crippen LogP contribution is 2.43. The van der Waals surface area contributed by atoms with E-state index in [1.807, 2.05) is 0 Å². The number of H-pyrrole nitrogens is 1. The fraction of sp³-hybridized carbons (Fsp3) is 0.357. The second-order valence-corrected chi connectivity index (χ2v) is 4.38. The first-order chi connectivity index (χ1) is 8.40. The Balaban J connectivity index is 0.000000514. The molecule has 0 radical (unpaired) electrons. The van der Waals surface area contributed by atoms with Crippen molar-refractivity contribution < 1.29 is 0 Å². The highest BCUT2D eigenvalue weighted by atomic mass is 14.7.